The molecule has 0 saturated heterocycles. The van der Waals surface area contributed by atoms with Gasteiger partial charge >= 0.3 is 5.97 Å². The molecule has 0 saturated carbocycles. The van der Waals surface area contributed by atoms with E-state index in [0.717, 1.165) is 0 Å². The molecular formula is C4H9NO2. The summed E-state index contributed by atoms with van der Waals surface area (Å²) in [4.78, 5) is 10.1. The summed E-state index contributed by atoms with van der Waals surface area (Å²) >= 11 is 0. The average molecular weight is 106 g/mol. The number of carbonyl (C=O) groups is 1. The summed E-state index contributed by atoms with van der Waals surface area (Å²) in [6.07, 6.45) is 0. The van der Waals surface area contributed by atoms with Gasteiger partial charge in [0.05, 0.1) is 0 Å². The van der Waals surface area contributed by atoms with Gasteiger partial charge in [0.25, 0.3) is 0 Å². The summed E-state index contributed by atoms with van der Waals surface area (Å²) in [6.45, 7) is -1.10. The van der Waals surface area contributed by atoms with Gasteiger partial charge in [-0.3, -0.25) is 4.79 Å². The van der Waals surface area contributed by atoms with Crippen molar-refractivity contribution in [3.8, 4) is 0 Å². The van der Waals surface area contributed by atoms with Gasteiger partial charge in [0.2, 0.25) is 0 Å². The molecule has 2 N–H and O–H groups in total. The topological polar surface area (TPSA) is 49.3 Å². The summed E-state index contributed by atoms with van der Waals surface area (Å²) in [6, 6.07) is -1.03. The number of rotatable bonds is 2. The van der Waals surface area contributed by atoms with Gasteiger partial charge in [0, 0.05) is 4.11 Å². The van der Waals surface area contributed by atoms with E-state index in [1.165, 1.54) is 6.92 Å². The fraction of sp³-hybridized carbons (Fsp3) is 0.750. The van der Waals surface area contributed by atoms with E-state index in [2.05, 4.69) is 0 Å². The number of hydrogen-bond donors (Lipinski definition) is 2. The molecule has 0 unspecified atom stereocenters. The lowest BCUT2D eigenvalue weighted by Gasteiger charge is -1.99. The van der Waals surface area contributed by atoms with Crippen molar-refractivity contribution >= 4 is 5.97 Å². The highest BCUT2D eigenvalue weighted by molar-refractivity contribution is 5.72. The molecule has 3 heteroatoms. The van der Waals surface area contributed by atoms with Crippen molar-refractivity contribution in [2.24, 2.45) is 0 Å². The molecule has 0 spiro atoms. The highest BCUT2D eigenvalue weighted by Gasteiger charge is 2.04. The van der Waals surface area contributed by atoms with Gasteiger partial charge in [0.15, 0.2) is 0 Å². The first-order valence-electron chi connectivity index (χ1n) is 3.33. The minimum atomic E-state index is -2.38. The maximum absolute atomic E-state index is 10.1. The van der Waals surface area contributed by atoms with Crippen LogP contribution in [0.4, 0.5) is 0 Å². The maximum Gasteiger partial charge on any atom is 0.320 e. The molecule has 0 aliphatic carbocycles. The molecule has 0 aromatic rings. The van der Waals surface area contributed by atoms with Gasteiger partial charge in [-0.25, -0.2) is 0 Å². The van der Waals surface area contributed by atoms with Crippen LogP contribution in [0.2, 0.25) is 0 Å². The van der Waals surface area contributed by atoms with Crippen LogP contribution < -0.4 is 5.32 Å². The van der Waals surface area contributed by atoms with Gasteiger partial charge in [-0.2, -0.15) is 0 Å². The largest absolute Gasteiger partial charge is 0.480 e. The van der Waals surface area contributed by atoms with E-state index in [0.29, 0.717) is 0 Å². The zero-order valence-electron chi connectivity index (χ0n) is 6.93. The maximum atomic E-state index is 10.1. The second-order valence-electron chi connectivity index (χ2n) is 1.20. The fourth-order valence-electron chi connectivity index (χ4n) is 0.0617. The molecule has 0 aliphatic heterocycles. The lowest BCUT2D eigenvalue weighted by atomic mass is 10.4. The van der Waals surface area contributed by atoms with E-state index in [9.17, 15) is 4.79 Å². The molecule has 42 valence electrons. The Balaban J connectivity index is 3.80. The number of carboxylic acids is 1. The van der Waals surface area contributed by atoms with Crippen LogP contribution in [0.25, 0.3) is 0 Å². The monoisotopic (exact) mass is 106 g/mol. The van der Waals surface area contributed by atoms with Gasteiger partial charge in [-0.05, 0) is 13.9 Å². The zero-order valence-corrected chi connectivity index (χ0v) is 3.93. The van der Waals surface area contributed by atoms with Crippen LogP contribution in [-0.2, 0) is 4.79 Å². The summed E-state index contributed by atoms with van der Waals surface area (Å²) in [5.74, 6) is -1.17. The molecule has 0 heterocycles. The third-order valence-corrected chi connectivity index (χ3v) is 0.587. The van der Waals surface area contributed by atoms with Gasteiger partial charge in [-0.15, -0.1) is 0 Å². The van der Waals surface area contributed by atoms with Crippen molar-refractivity contribution in [1.82, 2.24) is 5.32 Å². The Kier molecular flexibility index (Phi) is 0.982. The molecule has 1 atom stereocenters. The zero-order chi connectivity index (χ0) is 8.36. The molecular weight excluding hydrogens is 94.0 g/mol. The van der Waals surface area contributed by atoms with Crippen molar-refractivity contribution in [1.29, 1.82) is 0 Å². The van der Waals surface area contributed by atoms with Crippen LogP contribution >= 0.6 is 0 Å². The first kappa shape index (κ1) is 2.67. The first-order chi connectivity index (χ1) is 4.33. The second kappa shape index (κ2) is 2.58. The molecule has 0 amide bonds. The minimum Gasteiger partial charge on any atom is -0.480 e. The molecule has 0 aromatic heterocycles. The first-order valence-corrected chi connectivity index (χ1v) is 1.83. The summed E-state index contributed by atoms with van der Waals surface area (Å²) in [5.41, 5.74) is 0. The molecule has 0 fully saturated rings. The Bertz CT molecular complexity index is 133. The van der Waals surface area contributed by atoms with Crippen LogP contribution in [0.5, 0.6) is 0 Å². The fourth-order valence-corrected chi connectivity index (χ4v) is 0.0617. The highest BCUT2D eigenvalue weighted by Crippen LogP contribution is 1.74. The van der Waals surface area contributed by atoms with E-state index < -0.39 is 19.0 Å². The number of likely N-dealkylation sites (N-methyl/N-ethyl adjacent to an activating group) is 1. The summed E-state index contributed by atoms with van der Waals surface area (Å²) < 4.78 is 19.8. The Hall–Kier alpha value is -0.570. The van der Waals surface area contributed by atoms with Crippen molar-refractivity contribution in [2.75, 3.05) is 6.98 Å². The van der Waals surface area contributed by atoms with E-state index in [4.69, 9.17) is 9.22 Å². The Morgan fingerprint density at radius 1 is 2.14 bits per heavy atom. The van der Waals surface area contributed by atoms with Crippen LogP contribution in [0.15, 0.2) is 0 Å². The van der Waals surface area contributed by atoms with E-state index in [1.54, 1.807) is 0 Å². The quantitative estimate of drug-likeness (QED) is 0.507. The lowest BCUT2D eigenvalue weighted by Crippen LogP contribution is -2.29. The van der Waals surface area contributed by atoms with Crippen LogP contribution in [0.1, 0.15) is 11.0 Å². The SMILES string of the molecule is [2H]C([2H])([2H])N[C@@H](C)C(=O)O. The van der Waals surface area contributed by atoms with E-state index in [-0.39, 0.29) is 0 Å². The number of hydrogen-bond acceptors (Lipinski definition) is 2. The molecule has 0 radical (unpaired) electrons. The van der Waals surface area contributed by atoms with Crippen molar-refractivity contribution in [2.45, 2.75) is 13.0 Å². The second-order valence-corrected chi connectivity index (χ2v) is 1.20. The Labute approximate surface area is 46.6 Å². The summed E-state index contributed by atoms with van der Waals surface area (Å²) in [5, 5.41) is 10.2. The predicted molar refractivity (Wildman–Crippen MR) is 26.2 cm³/mol. The smallest absolute Gasteiger partial charge is 0.320 e. The van der Waals surface area contributed by atoms with Crippen molar-refractivity contribution < 1.29 is 14.0 Å². The molecule has 0 bridgehead atoms. The number of aliphatic carboxylic acids is 1. The van der Waals surface area contributed by atoms with Crippen molar-refractivity contribution in [3.63, 3.8) is 0 Å². The van der Waals surface area contributed by atoms with E-state index in [1.807, 2.05) is 5.32 Å². The lowest BCUT2D eigenvalue weighted by molar-refractivity contribution is -0.138. The number of nitrogens with one attached hydrogen (secondary N) is 1. The van der Waals surface area contributed by atoms with Gasteiger partial charge in [0.1, 0.15) is 6.04 Å². The average Bonchev–Trinajstić information content (AvgIpc) is 1.60. The van der Waals surface area contributed by atoms with Crippen LogP contribution in [0, 0.1) is 0 Å². The highest BCUT2D eigenvalue weighted by atomic mass is 16.4. The molecule has 3 nitrogen and oxygen atoms in total. The van der Waals surface area contributed by atoms with E-state index >= 15 is 0 Å². The third-order valence-electron chi connectivity index (χ3n) is 0.587. The number of carboxylic acid groups (broad SMARTS) is 1. The normalized spacial score (nSPS) is 21.6. The summed E-state index contributed by atoms with van der Waals surface area (Å²) in [7, 11) is 0. The minimum absolute atomic E-state index is 1.03. The van der Waals surface area contributed by atoms with Gasteiger partial charge < -0.3 is 10.4 Å². The van der Waals surface area contributed by atoms with Gasteiger partial charge in [-0.1, -0.05) is 0 Å². The predicted octanol–water partition coefficient (Wildman–Crippen LogP) is -0.321. The Morgan fingerprint density at radius 2 is 2.71 bits per heavy atom. The third kappa shape index (κ3) is 2.17. The molecule has 0 aromatic carbocycles. The molecule has 7 heavy (non-hydrogen) atoms. The van der Waals surface area contributed by atoms with Crippen LogP contribution in [-0.4, -0.2) is 24.1 Å². The van der Waals surface area contributed by atoms with Crippen molar-refractivity contribution in [3.05, 3.63) is 0 Å². The standard InChI is InChI=1S/C4H9NO2/c1-3(5-2)4(6)7/h3,5H,1-2H3,(H,6,7)/t3-/m0/s1/i2D3. The Morgan fingerprint density at radius 3 is 2.86 bits per heavy atom. The molecule has 0 aliphatic rings. The molecule has 0 rings (SSSR count). The van der Waals surface area contributed by atoms with Crippen LogP contribution in [0.3, 0.4) is 0 Å².